The van der Waals surface area contributed by atoms with Crippen LogP contribution in [0.4, 0.5) is 17.1 Å². The molecule has 254 valence electrons. The van der Waals surface area contributed by atoms with Gasteiger partial charge in [0.05, 0.1) is 0 Å². The summed E-state index contributed by atoms with van der Waals surface area (Å²) in [6, 6.07) is 75.8. The van der Waals surface area contributed by atoms with E-state index in [1.54, 1.807) is 0 Å². The van der Waals surface area contributed by atoms with Gasteiger partial charge in [-0.2, -0.15) is 0 Å². The SMILES string of the molecule is c1ccc(-c2ccc(N(c3ccc(-c4cccc(-c5ccc6ccccc6c5)c4)cc3)c3ccc4c(c3)oc3cc(-c5ccccc5)ccc34)cc2)cc1. The highest BCUT2D eigenvalue weighted by Gasteiger charge is 2.17. The monoisotopic (exact) mass is 689 g/mol. The number of anilines is 3. The smallest absolute Gasteiger partial charge is 0.137 e. The van der Waals surface area contributed by atoms with Crippen LogP contribution in [0, 0.1) is 0 Å². The molecule has 0 saturated heterocycles. The van der Waals surface area contributed by atoms with Crippen molar-refractivity contribution in [2.45, 2.75) is 0 Å². The minimum Gasteiger partial charge on any atom is -0.456 e. The van der Waals surface area contributed by atoms with E-state index in [4.69, 9.17) is 4.42 Å². The first-order valence-electron chi connectivity index (χ1n) is 18.4. The molecule has 0 spiro atoms. The van der Waals surface area contributed by atoms with Gasteiger partial charge in [0.15, 0.2) is 0 Å². The Morgan fingerprint density at radius 2 is 0.685 bits per heavy atom. The van der Waals surface area contributed by atoms with Crippen molar-refractivity contribution in [2.24, 2.45) is 0 Å². The average molecular weight is 690 g/mol. The summed E-state index contributed by atoms with van der Waals surface area (Å²) >= 11 is 0. The predicted molar refractivity (Wildman–Crippen MR) is 228 cm³/mol. The number of furan rings is 1. The fourth-order valence-corrected chi connectivity index (χ4v) is 7.65. The largest absolute Gasteiger partial charge is 0.456 e. The van der Waals surface area contributed by atoms with Gasteiger partial charge < -0.3 is 9.32 Å². The van der Waals surface area contributed by atoms with Crippen molar-refractivity contribution in [2.75, 3.05) is 4.90 Å². The van der Waals surface area contributed by atoms with Crippen LogP contribution < -0.4 is 4.90 Å². The van der Waals surface area contributed by atoms with E-state index in [-0.39, 0.29) is 0 Å². The van der Waals surface area contributed by atoms with Gasteiger partial charge in [-0.1, -0.05) is 146 Å². The molecule has 0 N–H and O–H groups in total. The quantitative estimate of drug-likeness (QED) is 0.166. The minimum absolute atomic E-state index is 0.862. The molecule has 0 radical (unpaired) electrons. The first-order valence-corrected chi connectivity index (χ1v) is 18.4. The zero-order valence-corrected chi connectivity index (χ0v) is 29.6. The number of fused-ring (bicyclic) bond motifs is 4. The molecular weight excluding hydrogens is 655 g/mol. The van der Waals surface area contributed by atoms with E-state index >= 15 is 0 Å². The Hall–Kier alpha value is -7.16. The fraction of sp³-hybridized carbons (Fsp3) is 0. The maximum absolute atomic E-state index is 6.58. The summed E-state index contributed by atoms with van der Waals surface area (Å²) < 4.78 is 6.58. The summed E-state index contributed by atoms with van der Waals surface area (Å²) in [4.78, 5) is 2.31. The number of nitrogens with zero attached hydrogens (tertiary/aromatic N) is 1. The fourth-order valence-electron chi connectivity index (χ4n) is 7.65. The second kappa shape index (κ2) is 13.4. The second-order valence-corrected chi connectivity index (χ2v) is 13.8. The third-order valence-electron chi connectivity index (χ3n) is 10.5. The molecule has 0 aliphatic rings. The summed E-state index contributed by atoms with van der Waals surface area (Å²) in [5.74, 6) is 0. The Bertz CT molecular complexity index is 2910. The molecule has 0 fully saturated rings. The molecule has 0 aliphatic heterocycles. The van der Waals surface area contributed by atoms with Gasteiger partial charge in [-0.15, -0.1) is 0 Å². The van der Waals surface area contributed by atoms with Crippen LogP contribution in [0.1, 0.15) is 0 Å². The van der Waals surface area contributed by atoms with Gasteiger partial charge in [-0.3, -0.25) is 0 Å². The van der Waals surface area contributed by atoms with Crippen LogP contribution in [0.25, 0.3) is 77.2 Å². The Labute approximate surface area is 314 Å². The Balaban J connectivity index is 1.03. The van der Waals surface area contributed by atoms with Crippen LogP contribution in [0.3, 0.4) is 0 Å². The van der Waals surface area contributed by atoms with Crippen LogP contribution in [-0.4, -0.2) is 0 Å². The Morgan fingerprint density at radius 1 is 0.259 bits per heavy atom. The molecule has 0 unspecified atom stereocenters. The average Bonchev–Trinajstić information content (AvgIpc) is 3.62. The molecular formula is C52H35NO. The van der Waals surface area contributed by atoms with Gasteiger partial charge in [0, 0.05) is 33.9 Å². The van der Waals surface area contributed by atoms with E-state index in [0.29, 0.717) is 0 Å². The highest BCUT2D eigenvalue weighted by molar-refractivity contribution is 6.07. The molecule has 1 heterocycles. The molecule has 2 nitrogen and oxygen atoms in total. The summed E-state index contributed by atoms with van der Waals surface area (Å²) in [6.45, 7) is 0. The molecule has 0 saturated carbocycles. The van der Waals surface area contributed by atoms with Crippen molar-refractivity contribution < 1.29 is 4.42 Å². The number of hydrogen-bond donors (Lipinski definition) is 0. The summed E-state index contributed by atoms with van der Waals surface area (Å²) in [5.41, 5.74) is 14.4. The van der Waals surface area contributed by atoms with Crippen LogP contribution in [-0.2, 0) is 0 Å². The third kappa shape index (κ3) is 5.90. The van der Waals surface area contributed by atoms with Crippen LogP contribution in [0.2, 0.25) is 0 Å². The maximum Gasteiger partial charge on any atom is 0.137 e. The molecule has 0 aliphatic carbocycles. The molecule has 0 amide bonds. The molecule has 9 aromatic carbocycles. The van der Waals surface area contributed by atoms with Crippen LogP contribution in [0.5, 0.6) is 0 Å². The topological polar surface area (TPSA) is 16.4 Å². The molecule has 54 heavy (non-hydrogen) atoms. The molecule has 10 aromatic rings. The van der Waals surface area contributed by atoms with Crippen molar-refractivity contribution >= 4 is 49.8 Å². The maximum atomic E-state index is 6.58. The van der Waals surface area contributed by atoms with Gasteiger partial charge in [0.1, 0.15) is 11.2 Å². The van der Waals surface area contributed by atoms with E-state index in [2.05, 4.69) is 211 Å². The summed E-state index contributed by atoms with van der Waals surface area (Å²) in [5, 5.41) is 4.72. The van der Waals surface area contributed by atoms with Gasteiger partial charge in [0.25, 0.3) is 0 Å². The number of hydrogen-bond acceptors (Lipinski definition) is 2. The first kappa shape index (κ1) is 31.6. The molecule has 10 rings (SSSR count). The normalized spacial score (nSPS) is 11.3. The van der Waals surface area contributed by atoms with Crippen molar-refractivity contribution in [3.05, 3.63) is 212 Å². The van der Waals surface area contributed by atoms with E-state index in [9.17, 15) is 0 Å². The van der Waals surface area contributed by atoms with Crippen molar-refractivity contribution in [3.63, 3.8) is 0 Å². The summed E-state index contributed by atoms with van der Waals surface area (Å²) in [6.07, 6.45) is 0. The lowest BCUT2D eigenvalue weighted by Crippen LogP contribution is -2.09. The van der Waals surface area contributed by atoms with E-state index < -0.39 is 0 Å². The van der Waals surface area contributed by atoms with Crippen LogP contribution >= 0.6 is 0 Å². The minimum atomic E-state index is 0.862. The number of rotatable bonds is 7. The lowest BCUT2D eigenvalue weighted by atomic mass is 9.97. The third-order valence-corrected chi connectivity index (χ3v) is 10.5. The van der Waals surface area contributed by atoms with Gasteiger partial charge in [0.2, 0.25) is 0 Å². The first-order chi connectivity index (χ1) is 26.7. The molecule has 1 aromatic heterocycles. The van der Waals surface area contributed by atoms with E-state index in [0.717, 1.165) is 44.6 Å². The van der Waals surface area contributed by atoms with Crippen molar-refractivity contribution in [3.8, 4) is 44.5 Å². The summed E-state index contributed by atoms with van der Waals surface area (Å²) in [7, 11) is 0. The Morgan fingerprint density at radius 3 is 1.37 bits per heavy atom. The molecule has 2 heteroatoms. The van der Waals surface area contributed by atoms with E-state index in [1.165, 1.54) is 49.7 Å². The zero-order chi connectivity index (χ0) is 35.8. The predicted octanol–water partition coefficient (Wildman–Crippen LogP) is 14.9. The van der Waals surface area contributed by atoms with Gasteiger partial charge >= 0.3 is 0 Å². The number of benzene rings is 9. The van der Waals surface area contributed by atoms with Crippen molar-refractivity contribution in [1.82, 2.24) is 0 Å². The zero-order valence-electron chi connectivity index (χ0n) is 29.6. The van der Waals surface area contributed by atoms with Crippen molar-refractivity contribution in [1.29, 1.82) is 0 Å². The van der Waals surface area contributed by atoms with Crippen LogP contribution in [0.15, 0.2) is 217 Å². The standard InChI is InChI=1S/C52H35NO/c1-3-10-36(11-4-1)39-20-25-46(26-21-39)53(48-29-31-50-49-30-24-45(37-12-5-2-6-13-37)34-51(49)54-52(50)35-48)47-27-22-40(23-28-47)42-16-9-17-43(32-42)44-19-18-38-14-7-8-15-41(38)33-44/h1-35H. The lowest BCUT2D eigenvalue weighted by molar-refractivity contribution is 0.669. The van der Waals surface area contributed by atoms with E-state index in [1.807, 2.05) is 6.07 Å². The molecule has 0 atom stereocenters. The van der Waals surface area contributed by atoms with Gasteiger partial charge in [-0.05, 0) is 116 Å². The lowest BCUT2D eigenvalue weighted by Gasteiger charge is -2.26. The van der Waals surface area contributed by atoms with Gasteiger partial charge in [-0.25, -0.2) is 0 Å². The Kier molecular flexibility index (Phi) is 7.85. The highest BCUT2D eigenvalue weighted by Crippen LogP contribution is 2.40. The highest BCUT2D eigenvalue weighted by atomic mass is 16.3. The molecule has 0 bridgehead atoms. The second-order valence-electron chi connectivity index (χ2n) is 13.8.